The molecule has 2 aromatic heterocycles. The number of thiophene rings is 1. The van der Waals surface area contributed by atoms with E-state index in [0.29, 0.717) is 11.9 Å². The van der Waals surface area contributed by atoms with E-state index in [1.165, 1.54) is 11.3 Å². The van der Waals surface area contributed by atoms with Crippen molar-refractivity contribution in [3.05, 3.63) is 53.2 Å². The second kappa shape index (κ2) is 5.58. The van der Waals surface area contributed by atoms with Crippen LogP contribution in [0, 0.1) is 11.6 Å². The van der Waals surface area contributed by atoms with Gasteiger partial charge in [0.2, 0.25) is 0 Å². The number of hydrogen-bond acceptors (Lipinski definition) is 5. The highest BCUT2D eigenvalue weighted by molar-refractivity contribution is 7.90. The molecule has 1 aromatic carbocycles. The van der Waals surface area contributed by atoms with Crippen molar-refractivity contribution in [2.75, 3.05) is 0 Å². The number of aromatic amines is 1. The molecule has 3 rings (SSSR count). The quantitative estimate of drug-likeness (QED) is 0.741. The first-order valence-electron chi connectivity index (χ1n) is 6.09. The van der Waals surface area contributed by atoms with Gasteiger partial charge in [-0.05, 0) is 23.6 Å². The topological polar surface area (TPSA) is 75.7 Å². The Labute approximate surface area is 128 Å². The number of benzene rings is 1. The first kappa shape index (κ1) is 14.8. The number of H-pyrrole nitrogens is 1. The molecule has 0 amide bonds. The van der Waals surface area contributed by atoms with E-state index in [-0.39, 0.29) is 5.82 Å². The number of sulfone groups is 1. The monoisotopic (exact) mass is 341 g/mol. The number of nitrogens with one attached hydrogen (secondary N) is 1. The molecular weight excluding hydrogens is 332 g/mol. The number of hydrogen-bond donors (Lipinski definition) is 1. The molecule has 0 atom stereocenters. The van der Waals surface area contributed by atoms with Crippen LogP contribution in [0.4, 0.5) is 8.78 Å². The van der Waals surface area contributed by atoms with E-state index < -0.39 is 32.1 Å². The van der Waals surface area contributed by atoms with Gasteiger partial charge in [-0.15, -0.1) is 11.3 Å². The van der Waals surface area contributed by atoms with Crippen LogP contribution in [0.5, 0.6) is 0 Å². The summed E-state index contributed by atoms with van der Waals surface area (Å²) in [6.07, 6.45) is 0. The lowest BCUT2D eigenvalue weighted by Crippen LogP contribution is -2.08. The summed E-state index contributed by atoms with van der Waals surface area (Å²) in [5.41, 5.74) is 0. The summed E-state index contributed by atoms with van der Waals surface area (Å²) < 4.78 is 50.8. The molecule has 0 saturated heterocycles. The van der Waals surface area contributed by atoms with Crippen molar-refractivity contribution in [1.82, 2.24) is 15.2 Å². The SMILES string of the molecule is O=S(=O)(Cc1nc(-c2cccs2)n[nH]1)c1ccc(F)cc1F. The van der Waals surface area contributed by atoms with E-state index in [2.05, 4.69) is 15.2 Å². The van der Waals surface area contributed by atoms with Crippen LogP contribution in [-0.2, 0) is 15.6 Å². The van der Waals surface area contributed by atoms with Crippen LogP contribution in [0.3, 0.4) is 0 Å². The fourth-order valence-corrected chi connectivity index (χ4v) is 3.79. The van der Waals surface area contributed by atoms with Crippen LogP contribution in [0.25, 0.3) is 10.7 Å². The molecule has 114 valence electrons. The third-order valence-electron chi connectivity index (χ3n) is 2.83. The highest BCUT2D eigenvalue weighted by Crippen LogP contribution is 2.23. The normalized spacial score (nSPS) is 11.7. The Morgan fingerprint density at radius 2 is 2.05 bits per heavy atom. The molecule has 0 radical (unpaired) electrons. The zero-order chi connectivity index (χ0) is 15.7. The molecule has 2 heterocycles. The first-order valence-corrected chi connectivity index (χ1v) is 8.62. The maximum atomic E-state index is 13.6. The minimum atomic E-state index is -3.99. The van der Waals surface area contributed by atoms with E-state index in [0.717, 1.165) is 17.0 Å². The molecule has 1 N–H and O–H groups in total. The Morgan fingerprint density at radius 1 is 1.23 bits per heavy atom. The van der Waals surface area contributed by atoms with E-state index in [4.69, 9.17) is 0 Å². The van der Waals surface area contributed by atoms with Gasteiger partial charge in [0.15, 0.2) is 15.7 Å². The average molecular weight is 341 g/mol. The summed E-state index contributed by atoms with van der Waals surface area (Å²) in [4.78, 5) is 4.30. The van der Waals surface area contributed by atoms with Crippen molar-refractivity contribution in [3.8, 4) is 10.7 Å². The lowest BCUT2D eigenvalue weighted by atomic mass is 10.3. The summed E-state index contributed by atoms with van der Waals surface area (Å²) >= 11 is 1.41. The zero-order valence-corrected chi connectivity index (χ0v) is 12.6. The average Bonchev–Trinajstić information content (AvgIpc) is 3.07. The van der Waals surface area contributed by atoms with Gasteiger partial charge in [-0.1, -0.05) is 6.07 Å². The van der Waals surface area contributed by atoms with Crippen LogP contribution < -0.4 is 0 Å². The minimum Gasteiger partial charge on any atom is -0.262 e. The Kier molecular flexibility index (Phi) is 3.75. The van der Waals surface area contributed by atoms with Crippen molar-refractivity contribution in [3.63, 3.8) is 0 Å². The van der Waals surface area contributed by atoms with Crippen molar-refractivity contribution < 1.29 is 17.2 Å². The highest BCUT2D eigenvalue weighted by atomic mass is 32.2. The van der Waals surface area contributed by atoms with Crippen molar-refractivity contribution in [1.29, 1.82) is 0 Å². The second-order valence-corrected chi connectivity index (χ2v) is 7.32. The molecule has 22 heavy (non-hydrogen) atoms. The van der Waals surface area contributed by atoms with Crippen LogP contribution in [-0.4, -0.2) is 23.6 Å². The number of aromatic nitrogens is 3. The largest absolute Gasteiger partial charge is 0.262 e. The number of rotatable bonds is 4. The van der Waals surface area contributed by atoms with Gasteiger partial charge in [-0.3, -0.25) is 5.10 Å². The van der Waals surface area contributed by atoms with Gasteiger partial charge in [0.1, 0.15) is 28.1 Å². The molecule has 0 aliphatic heterocycles. The summed E-state index contributed by atoms with van der Waals surface area (Å²) in [5.74, 6) is -2.05. The van der Waals surface area contributed by atoms with Gasteiger partial charge in [0.25, 0.3) is 0 Å². The first-order chi connectivity index (χ1) is 10.5. The molecule has 9 heteroatoms. The maximum absolute atomic E-state index is 13.6. The fourth-order valence-electron chi connectivity index (χ4n) is 1.86. The Bertz CT molecular complexity index is 905. The summed E-state index contributed by atoms with van der Waals surface area (Å²) in [6.45, 7) is 0. The van der Waals surface area contributed by atoms with Crippen LogP contribution in [0.1, 0.15) is 5.82 Å². The maximum Gasteiger partial charge on any atom is 0.191 e. The fraction of sp³-hybridized carbons (Fsp3) is 0.0769. The lowest BCUT2D eigenvalue weighted by Gasteiger charge is -2.03. The number of halogens is 2. The molecule has 0 aliphatic carbocycles. The Morgan fingerprint density at radius 3 is 2.73 bits per heavy atom. The predicted octanol–water partition coefficient (Wildman–Crippen LogP) is 2.79. The van der Waals surface area contributed by atoms with Gasteiger partial charge >= 0.3 is 0 Å². The van der Waals surface area contributed by atoms with Gasteiger partial charge in [-0.2, -0.15) is 5.10 Å². The van der Waals surface area contributed by atoms with Crippen molar-refractivity contribution in [2.24, 2.45) is 0 Å². The Balaban J connectivity index is 1.89. The summed E-state index contributed by atoms with van der Waals surface area (Å²) in [7, 11) is -3.99. The molecule has 3 aromatic rings. The minimum absolute atomic E-state index is 0.0899. The molecular formula is C13H9F2N3O2S2. The second-order valence-electron chi connectivity index (χ2n) is 4.42. The van der Waals surface area contributed by atoms with Crippen molar-refractivity contribution >= 4 is 21.2 Å². The standard InChI is InChI=1S/C13H9F2N3O2S2/c14-8-3-4-11(9(15)6-8)22(19,20)7-12-16-13(18-17-12)10-2-1-5-21-10/h1-6H,7H2,(H,16,17,18). The third-order valence-corrected chi connectivity index (χ3v) is 5.35. The van der Waals surface area contributed by atoms with Crippen LogP contribution in [0.15, 0.2) is 40.6 Å². The van der Waals surface area contributed by atoms with E-state index >= 15 is 0 Å². The van der Waals surface area contributed by atoms with E-state index in [9.17, 15) is 17.2 Å². The van der Waals surface area contributed by atoms with Gasteiger partial charge in [0.05, 0.1) is 4.88 Å². The zero-order valence-electron chi connectivity index (χ0n) is 11.0. The smallest absolute Gasteiger partial charge is 0.191 e. The summed E-state index contributed by atoms with van der Waals surface area (Å²) in [6, 6.07) is 5.95. The predicted molar refractivity (Wildman–Crippen MR) is 76.9 cm³/mol. The van der Waals surface area contributed by atoms with Gasteiger partial charge < -0.3 is 0 Å². The Hall–Kier alpha value is -2.13. The molecule has 0 aliphatic rings. The number of nitrogens with zero attached hydrogens (tertiary/aromatic N) is 2. The van der Waals surface area contributed by atoms with Gasteiger partial charge in [0, 0.05) is 6.07 Å². The highest BCUT2D eigenvalue weighted by Gasteiger charge is 2.22. The van der Waals surface area contributed by atoms with Crippen LogP contribution in [0.2, 0.25) is 0 Å². The molecule has 0 fully saturated rings. The van der Waals surface area contributed by atoms with Gasteiger partial charge in [-0.25, -0.2) is 22.2 Å². The molecule has 5 nitrogen and oxygen atoms in total. The third kappa shape index (κ3) is 2.90. The molecule has 0 saturated carbocycles. The van der Waals surface area contributed by atoms with Crippen molar-refractivity contribution in [2.45, 2.75) is 10.6 Å². The molecule has 0 spiro atoms. The summed E-state index contributed by atoms with van der Waals surface area (Å²) in [5, 5.41) is 8.29. The lowest BCUT2D eigenvalue weighted by molar-refractivity contribution is 0.548. The van der Waals surface area contributed by atoms with E-state index in [1.54, 1.807) is 6.07 Å². The molecule has 0 unspecified atom stereocenters. The van der Waals surface area contributed by atoms with E-state index in [1.807, 2.05) is 11.4 Å². The van der Waals surface area contributed by atoms with Crippen LogP contribution >= 0.6 is 11.3 Å². The molecule has 0 bridgehead atoms.